The van der Waals surface area contributed by atoms with Crippen molar-refractivity contribution in [2.24, 2.45) is 0 Å². The highest BCUT2D eigenvalue weighted by Crippen LogP contribution is 2.01. The highest BCUT2D eigenvalue weighted by atomic mass is 16.7. The predicted octanol–water partition coefficient (Wildman–Crippen LogP) is 0.995. The summed E-state index contributed by atoms with van der Waals surface area (Å²) in [6.07, 6.45) is 5.68. The molecule has 76 valence electrons. The molecule has 0 heterocycles. The fourth-order valence-electron chi connectivity index (χ4n) is 1.27. The standard InChI is InChI=1S/C10H19NO2/c1-6-7-8(2)11-9(3)10(12-4)13-5/h1,8-11H,7H2,2-5H3. The summed E-state index contributed by atoms with van der Waals surface area (Å²) in [5.41, 5.74) is 0. The summed E-state index contributed by atoms with van der Waals surface area (Å²) in [7, 11) is 3.25. The van der Waals surface area contributed by atoms with Crippen LogP contribution in [-0.2, 0) is 9.47 Å². The smallest absolute Gasteiger partial charge is 0.171 e. The maximum Gasteiger partial charge on any atom is 0.171 e. The molecule has 2 unspecified atom stereocenters. The van der Waals surface area contributed by atoms with Gasteiger partial charge in [0.1, 0.15) is 0 Å². The molecule has 0 spiro atoms. The average molecular weight is 185 g/mol. The number of hydrogen-bond donors (Lipinski definition) is 1. The number of hydrogen-bond acceptors (Lipinski definition) is 3. The van der Waals surface area contributed by atoms with Crippen LogP contribution in [0.15, 0.2) is 0 Å². The summed E-state index contributed by atoms with van der Waals surface area (Å²) >= 11 is 0. The van der Waals surface area contributed by atoms with Gasteiger partial charge in [-0.3, -0.25) is 0 Å². The van der Waals surface area contributed by atoms with Gasteiger partial charge in [-0.2, -0.15) is 0 Å². The molecule has 0 aliphatic rings. The molecule has 0 fully saturated rings. The van der Waals surface area contributed by atoms with Gasteiger partial charge in [-0.25, -0.2) is 0 Å². The van der Waals surface area contributed by atoms with Crippen LogP contribution in [0.4, 0.5) is 0 Å². The Bertz CT molecular complexity index is 161. The van der Waals surface area contributed by atoms with Crippen LogP contribution in [0.3, 0.4) is 0 Å². The molecular weight excluding hydrogens is 166 g/mol. The van der Waals surface area contributed by atoms with Crippen LogP contribution in [0.5, 0.6) is 0 Å². The SMILES string of the molecule is C#CCC(C)NC(C)C(OC)OC. The van der Waals surface area contributed by atoms with E-state index in [1.165, 1.54) is 0 Å². The van der Waals surface area contributed by atoms with Gasteiger partial charge in [-0.05, 0) is 13.8 Å². The molecule has 0 bridgehead atoms. The molecule has 0 radical (unpaired) electrons. The van der Waals surface area contributed by atoms with Crippen molar-refractivity contribution in [1.29, 1.82) is 0 Å². The van der Waals surface area contributed by atoms with Crippen LogP contribution < -0.4 is 5.32 Å². The Balaban J connectivity index is 3.83. The Morgan fingerprint density at radius 1 is 1.31 bits per heavy atom. The van der Waals surface area contributed by atoms with E-state index in [-0.39, 0.29) is 18.4 Å². The number of nitrogens with one attached hydrogen (secondary N) is 1. The topological polar surface area (TPSA) is 30.5 Å². The molecule has 0 rings (SSSR count). The fourth-order valence-corrected chi connectivity index (χ4v) is 1.27. The Morgan fingerprint density at radius 2 is 1.85 bits per heavy atom. The molecule has 0 aromatic carbocycles. The van der Waals surface area contributed by atoms with Crippen LogP contribution >= 0.6 is 0 Å². The molecule has 0 aliphatic heterocycles. The molecule has 0 aliphatic carbocycles. The van der Waals surface area contributed by atoms with E-state index >= 15 is 0 Å². The third-order valence-electron chi connectivity index (χ3n) is 1.84. The lowest BCUT2D eigenvalue weighted by Gasteiger charge is -2.24. The molecule has 0 aromatic rings. The van der Waals surface area contributed by atoms with Gasteiger partial charge in [0.05, 0.1) is 6.04 Å². The Kier molecular flexibility index (Phi) is 6.61. The summed E-state index contributed by atoms with van der Waals surface area (Å²) in [5.74, 6) is 2.60. The first kappa shape index (κ1) is 12.4. The van der Waals surface area contributed by atoms with Gasteiger partial charge in [0.25, 0.3) is 0 Å². The molecule has 0 saturated heterocycles. The third kappa shape index (κ3) is 4.89. The summed E-state index contributed by atoms with van der Waals surface area (Å²) in [6.45, 7) is 4.05. The summed E-state index contributed by atoms with van der Waals surface area (Å²) in [4.78, 5) is 0. The molecule has 1 N–H and O–H groups in total. The first-order chi connectivity index (χ1) is 6.15. The molecule has 2 atom stereocenters. The normalized spacial score (nSPS) is 15.4. The second-order valence-corrected chi connectivity index (χ2v) is 3.10. The fraction of sp³-hybridized carbons (Fsp3) is 0.800. The number of rotatable bonds is 6. The Hall–Kier alpha value is -0.560. The Morgan fingerprint density at radius 3 is 2.23 bits per heavy atom. The highest BCUT2D eigenvalue weighted by molar-refractivity contribution is 4.89. The van der Waals surface area contributed by atoms with Crippen molar-refractivity contribution in [3.8, 4) is 12.3 Å². The van der Waals surface area contributed by atoms with Crippen LogP contribution in [0, 0.1) is 12.3 Å². The lowest BCUT2D eigenvalue weighted by Crippen LogP contribution is -2.43. The average Bonchev–Trinajstić information content (AvgIpc) is 2.06. The maximum absolute atomic E-state index is 5.19. The molecule has 13 heavy (non-hydrogen) atoms. The van der Waals surface area contributed by atoms with Gasteiger partial charge < -0.3 is 14.8 Å². The third-order valence-corrected chi connectivity index (χ3v) is 1.84. The molecular formula is C10H19NO2. The monoisotopic (exact) mass is 185 g/mol. The van der Waals surface area contributed by atoms with Crippen molar-refractivity contribution < 1.29 is 9.47 Å². The van der Waals surface area contributed by atoms with Crippen molar-refractivity contribution in [3.63, 3.8) is 0 Å². The highest BCUT2D eigenvalue weighted by Gasteiger charge is 2.16. The van der Waals surface area contributed by atoms with Crippen molar-refractivity contribution in [3.05, 3.63) is 0 Å². The first-order valence-corrected chi connectivity index (χ1v) is 4.40. The minimum absolute atomic E-state index is 0.137. The second-order valence-electron chi connectivity index (χ2n) is 3.10. The lowest BCUT2D eigenvalue weighted by molar-refractivity contribution is -0.120. The van der Waals surface area contributed by atoms with E-state index in [9.17, 15) is 0 Å². The molecule has 0 amide bonds. The van der Waals surface area contributed by atoms with Gasteiger partial charge in [0.2, 0.25) is 0 Å². The van der Waals surface area contributed by atoms with Crippen LogP contribution in [0.1, 0.15) is 20.3 Å². The van der Waals surface area contributed by atoms with Crippen LogP contribution in [0.2, 0.25) is 0 Å². The van der Waals surface area contributed by atoms with Crippen molar-refractivity contribution >= 4 is 0 Å². The number of methoxy groups -OCH3 is 2. The van der Waals surface area contributed by atoms with E-state index in [2.05, 4.69) is 11.2 Å². The van der Waals surface area contributed by atoms with Crippen LogP contribution in [-0.4, -0.2) is 32.6 Å². The minimum atomic E-state index is -0.222. The number of terminal acetylenes is 1. The van der Waals surface area contributed by atoms with Gasteiger partial charge >= 0.3 is 0 Å². The lowest BCUT2D eigenvalue weighted by atomic mass is 10.2. The van der Waals surface area contributed by atoms with Crippen LogP contribution in [0.25, 0.3) is 0 Å². The van der Waals surface area contributed by atoms with Crippen molar-refractivity contribution in [2.45, 2.75) is 38.6 Å². The molecule has 3 nitrogen and oxygen atoms in total. The van der Waals surface area contributed by atoms with E-state index in [0.29, 0.717) is 6.42 Å². The summed E-state index contributed by atoms with van der Waals surface area (Å²) in [5, 5.41) is 3.29. The Labute approximate surface area is 80.8 Å². The zero-order valence-corrected chi connectivity index (χ0v) is 8.83. The quantitative estimate of drug-likeness (QED) is 0.494. The van der Waals surface area contributed by atoms with E-state index < -0.39 is 0 Å². The van der Waals surface area contributed by atoms with E-state index in [0.717, 1.165) is 0 Å². The summed E-state index contributed by atoms with van der Waals surface area (Å²) in [6, 6.07) is 0.422. The second kappa shape index (κ2) is 6.90. The predicted molar refractivity (Wildman–Crippen MR) is 53.3 cm³/mol. The zero-order chi connectivity index (χ0) is 10.3. The molecule has 0 aromatic heterocycles. The van der Waals surface area contributed by atoms with Crippen molar-refractivity contribution in [1.82, 2.24) is 5.32 Å². The van der Waals surface area contributed by atoms with E-state index in [1.807, 2.05) is 13.8 Å². The summed E-state index contributed by atoms with van der Waals surface area (Å²) < 4.78 is 10.2. The maximum atomic E-state index is 5.19. The van der Waals surface area contributed by atoms with Gasteiger partial charge in [-0.1, -0.05) is 0 Å². The van der Waals surface area contributed by atoms with Gasteiger partial charge in [-0.15, -0.1) is 12.3 Å². The molecule has 3 heteroatoms. The van der Waals surface area contributed by atoms with Gasteiger partial charge in [0.15, 0.2) is 6.29 Å². The van der Waals surface area contributed by atoms with E-state index in [4.69, 9.17) is 15.9 Å². The first-order valence-electron chi connectivity index (χ1n) is 4.40. The largest absolute Gasteiger partial charge is 0.354 e. The van der Waals surface area contributed by atoms with E-state index in [1.54, 1.807) is 14.2 Å². The number of ether oxygens (including phenoxy) is 2. The minimum Gasteiger partial charge on any atom is -0.354 e. The van der Waals surface area contributed by atoms with Crippen molar-refractivity contribution in [2.75, 3.05) is 14.2 Å². The zero-order valence-electron chi connectivity index (χ0n) is 8.83. The molecule has 0 saturated carbocycles. The van der Waals surface area contributed by atoms with Gasteiger partial charge in [0, 0.05) is 26.7 Å².